The number of nitrogen functional groups attached to an aromatic ring is 1. The summed E-state index contributed by atoms with van der Waals surface area (Å²) in [7, 11) is 1.22. The fraction of sp³-hybridized carbons (Fsp3) is 0.200. The highest BCUT2D eigenvalue weighted by atomic mass is 79.9. The maximum atomic E-state index is 11.5. The first-order valence-electron chi connectivity index (χ1n) is 4.33. The van der Waals surface area contributed by atoms with Crippen LogP contribution in [0.25, 0.3) is 0 Å². The van der Waals surface area contributed by atoms with Crippen LogP contribution in [0.2, 0.25) is 0 Å². The summed E-state index contributed by atoms with van der Waals surface area (Å²) >= 11 is 3.20. The van der Waals surface area contributed by atoms with Gasteiger partial charge in [0.15, 0.2) is 6.61 Å². The molecule has 0 bridgehead atoms. The largest absolute Gasteiger partial charge is 0.466 e. The molecule has 5 nitrogen and oxygen atoms in total. The van der Waals surface area contributed by atoms with Gasteiger partial charge < -0.3 is 15.2 Å². The number of carbonyl (C=O) groups excluding carboxylic acids is 2. The average Bonchev–Trinajstić information content (AvgIpc) is 2.23. The fourth-order valence-electron chi connectivity index (χ4n) is 0.997. The number of hydrogen-bond donors (Lipinski definition) is 1. The van der Waals surface area contributed by atoms with Crippen molar-refractivity contribution in [1.82, 2.24) is 0 Å². The Morgan fingerprint density at radius 2 is 2.06 bits per heavy atom. The molecule has 2 N–H and O–H groups in total. The number of carbonyl (C=O) groups is 2. The molecule has 0 saturated carbocycles. The zero-order chi connectivity index (χ0) is 12.1. The Morgan fingerprint density at radius 3 is 2.62 bits per heavy atom. The molecule has 1 aromatic carbocycles. The number of halogens is 1. The molecule has 0 atom stereocenters. The summed E-state index contributed by atoms with van der Waals surface area (Å²) in [6, 6.07) is 4.66. The first-order chi connectivity index (χ1) is 7.52. The van der Waals surface area contributed by atoms with Gasteiger partial charge in [-0.1, -0.05) is 15.9 Å². The SMILES string of the molecule is COC(=O)COC(=O)c1cc(N)cc(Br)c1. The van der Waals surface area contributed by atoms with Crippen molar-refractivity contribution in [3.63, 3.8) is 0 Å². The van der Waals surface area contributed by atoms with Crippen molar-refractivity contribution in [3.05, 3.63) is 28.2 Å². The van der Waals surface area contributed by atoms with E-state index in [1.165, 1.54) is 13.2 Å². The highest BCUT2D eigenvalue weighted by Gasteiger charge is 2.11. The molecule has 0 saturated heterocycles. The van der Waals surface area contributed by atoms with Crippen molar-refractivity contribution in [1.29, 1.82) is 0 Å². The summed E-state index contributed by atoms with van der Waals surface area (Å²) in [6.07, 6.45) is 0. The molecular formula is C10H10BrNO4. The second-order valence-corrected chi connectivity index (χ2v) is 3.84. The summed E-state index contributed by atoms with van der Waals surface area (Å²) in [5.74, 6) is -1.24. The van der Waals surface area contributed by atoms with Crippen molar-refractivity contribution in [2.75, 3.05) is 19.5 Å². The van der Waals surface area contributed by atoms with Gasteiger partial charge in [-0.15, -0.1) is 0 Å². The summed E-state index contributed by atoms with van der Waals surface area (Å²) < 4.78 is 9.70. The quantitative estimate of drug-likeness (QED) is 0.671. The minimum atomic E-state index is -0.626. The van der Waals surface area contributed by atoms with Crippen molar-refractivity contribution in [2.24, 2.45) is 0 Å². The highest BCUT2D eigenvalue weighted by molar-refractivity contribution is 9.10. The van der Waals surface area contributed by atoms with Crippen LogP contribution >= 0.6 is 15.9 Å². The second-order valence-electron chi connectivity index (χ2n) is 2.93. The van der Waals surface area contributed by atoms with E-state index in [0.717, 1.165) is 0 Å². The van der Waals surface area contributed by atoms with E-state index in [2.05, 4.69) is 20.7 Å². The van der Waals surface area contributed by atoms with Crippen LogP contribution in [0.4, 0.5) is 5.69 Å². The molecule has 1 aromatic rings. The van der Waals surface area contributed by atoms with Gasteiger partial charge in [-0.05, 0) is 18.2 Å². The van der Waals surface area contributed by atoms with Crippen molar-refractivity contribution < 1.29 is 19.1 Å². The molecule has 0 aliphatic heterocycles. The Hall–Kier alpha value is -1.56. The van der Waals surface area contributed by atoms with Gasteiger partial charge >= 0.3 is 11.9 Å². The highest BCUT2D eigenvalue weighted by Crippen LogP contribution is 2.17. The topological polar surface area (TPSA) is 78.6 Å². The van der Waals surface area contributed by atoms with Gasteiger partial charge in [0.1, 0.15) is 0 Å². The Balaban J connectivity index is 2.69. The lowest BCUT2D eigenvalue weighted by Gasteiger charge is -2.04. The Kier molecular flexibility index (Phi) is 4.30. The van der Waals surface area contributed by atoms with E-state index in [1.54, 1.807) is 12.1 Å². The third-order valence-electron chi connectivity index (χ3n) is 1.70. The van der Waals surface area contributed by atoms with Gasteiger partial charge in [0.05, 0.1) is 12.7 Å². The third kappa shape index (κ3) is 3.54. The standard InChI is InChI=1S/C10H10BrNO4/c1-15-9(13)5-16-10(14)6-2-7(11)4-8(12)3-6/h2-4H,5,12H2,1H3. The molecule has 0 amide bonds. The van der Waals surface area contributed by atoms with Gasteiger partial charge in [-0.3, -0.25) is 0 Å². The summed E-state index contributed by atoms with van der Waals surface area (Å²) in [6.45, 7) is -0.415. The molecule has 0 aliphatic carbocycles. The van der Waals surface area contributed by atoms with E-state index >= 15 is 0 Å². The normalized spacial score (nSPS) is 9.62. The number of benzene rings is 1. The molecule has 0 fully saturated rings. The first-order valence-corrected chi connectivity index (χ1v) is 5.12. The van der Waals surface area contributed by atoms with E-state index in [1.807, 2.05) is 0 Å². The van der Waals surface area contributed by atoms with Gasteiger partial charge in [0.25, 0.3) is 0 Å². The van der Waals surface area contributed by atoms with E-state index in [-0.39, 0.29) is 5.56 Å². The molecular weight excluding hydrogens is 278 g/mol. The molecule has 16 heavy (non-hydrogen) atoms. The molecule has 0 radical (unpaired) electrons. The fourth-order valence-corrected chi connectivity index (χ4v) is 1.51. The smallest absolute Gasteiger partial charge is 0.344 e. The molecule has 86 valence electrons. The lowest BCUT2D eigenvalue weighted by atomic mass is 10.2. The van der Waals surface area contributed by atoms with Gasteiger partial charge in [-0.25, -0.2) is 9.59 Å². The maximum absolute atomic E-state index is 11.5. The van der Waals surface area contributed by atoms with Crippen molar-refractivity contribution in [2.45, 2.75) is 0 Å². The number of ether oxygens (including phenoxy) is 2. The minimum absolute atomic E-state index is 0.274. The van der Waals surface area contributed by atoms with E-state index in [0.29, 0.717) is 10.2 Å². The van der Waals surface area contributed by atoms with Crippen LogP contribution in [0.1, 0.15) is 10.4 Å². The van der Waals surface area contributed by atoms with Gasteiger partial charge in [-0.2, -0.15) is 0 Å². The lowest BCUT2D eigenvalue weighted by molar-refractivity contribution is -0.144. The molecule has 0 spiro atoms. The van der Waals surface area contributed by atoms with Crippen molar-refractivity contribution >= 4 is 33.6 Å². The molecule has 0 aliphatic rings. The average molecular weight is 288 g/mol. The monoisotopic (exact) mass is 287 g/mol. The van der Waals surface area contributed by atoms with E-state index < -0.39 is 18.5 Å². The predicted octanol–water partition coefficient (Wildman–Crippen LogP) is 1.36. The number of anilines is 1. The molecule has 0 aromatic heterocycles. The van der Waals surface area contributed by atoms with Crippen LogP contribution in [-0.4, -0.2) is 25.7 Å². The van der Waals surface area contributed by atoms with Crippen LogP contribution in [-0.2, 0) is 14.3 Å². The molecule has 6 heteroatoms. The second kappa shape index (κ2) is 5.50. The van der Waals surface area contributed by atoms with Crippen LogP contribution in [0.3, 0.4) is 0 Å². The molecule has 0 unspecified atom stereocenters. The third-order valence-corrected chi connectivity index (χ3v) is 2.16. The molecule has 1 rings (SSSR count). The number of methoxy groups -OCH3 is 1. The summed E-state index contributed by atoms with van der Waals surface area (Å²) in [4.78, 5) is 22.2. The first kappa shape index (κ1) is 12.5. The number of rotatable bonds is 3. The minimum Gasteiger partial charge on any atom is -0.466 e. The summed E-state index contributed by atoms with van der Waals surface area (Å²) in [5.41, 5.74) is 6.25. The number of nitrogens with two attached hydrogens (primary N) is 1. The number of hydrogen-bond acceptors (Lipinski definition) is 5. The predicted molar refractivity (Wildman–Crippen MR) is 60.9 cm³/mol. The summed E-state index contributed by atoms with van der Waals surface area (Å²) in [5, 5.41) is 0. The Labute approximate surface area is 101 Å². The van der Waals surface area contributed by atoms with E-state index in [9.17, 15) is 9.59 Å². The van der Waals surface area contributed by atoms with Gasteiger partial charge in [0.2, 0.25) is 0 Å². The molecule has 0 heterocycles. The van der Waals surface area contributed by atoms with Gasteiger partial charge in [0, 0.05) is 10.2 Å². The maximum Gasteiger partial charge on any atom is 0.344 e. The zero-order valence-corrected chi connectivity index (χ0v) is 10.1. The van der Waals surface area contributed by atoms with E-state index in [4.69, 9.17) is 10.5 Å². The Morgan fingerprint density at radius 1 is 1.38 bits per heavy atom. The van der Waals surface area contributed by atoms with Crippen molar-refractivity contribution in [3.8, 4) is 0 Å². The van der Waals surface area contributed by atoms with Crippen LogP contribution in [0, 0.1) is 0 Å². The zero-order valence-electron chi connectivity index (χ0n) is 8.53. The van der Waals surface area contributed by atoms with Crippen LogP contribution in [0.15, 0.2) is 22.7 Å². The van der Waals surface area contributed by atoms with Crippen LogP contribution < -0.4 is 5.73 Å². The number of esters is 2. The lowest BCUT2D eigenvalue weighted by Crippen LogP contribution is -2.15. The Bertz CT molecular complexity index is 399. The van der Waals surface area contributed by atoms with Crippen LogP contribution in [0.5, 0.6) is 0 Å².